The molecule has 1 saturated carbocycles. The Bertz CT molecular complexity index is 1360. The van der Waals surface area contributed by atoms with Gasteiger partial charge in [0.2, 0.25) is 11.3 Å². The van der Waals surface area contributed by atoms with E-state index in [0.29, 0.717) is 47.9 Å². The topological polar surface area (TPSA) is 115 Å². The molecule has 2 fully saturated rings. The van der Waals surface area contributed by atoms with Crippen LogP contribution in [0.1, 0.15) is 58.2 Å². The third kappa shape index (κ3) is 3.48. The predicted octanol–water partition coefficient (Wildman–Crippen LogP) is 3.56. The first-order chi connectivity index (χ1) is 16.1. The highest BCUT2D eigenvalue weighted by molar-refractivity contribution is 5.95. The van der Waals surface area contributed by atoms with Crippen molar-refractivity contribution in [2.75, 3.05) is 18.0 Å². The van der Waals surface area contributed by atoms with Crippen LogP contribution in [0.2, 0.25) is 0 Å². The molecule has 0 amide bonds. The van der Waals surface area contributed by atoms with Crippen molar-refractivity contribution in [3.05, 3.63) is 56.8 Å². The van der Waals surface area contributed by atoms with Crippen molar-refractivity contribution >= 4 is 22.6 Å². The van der Waals surface area contributed by atoms with Gasteiger partial charge in [0, 0.05) is 37.0 Å². The summed E-state index contributed by atoms with van der Waals surface area (Å²) < 4.78 is 36.6. The van der Waals surface area contributed by atoms with Crippen LogP contribution in [0.15, 0.2) is 21.5 Å². The fourth-order valence-corrected chi connectivity index (χ4v) is 5.04. The summed E-state index contributed by atoms with van der Waals surface area (Å²) in [4.78, 5) is 30.7. The molecule has 10 heteroatoms. The van der Waals surface area contributed by atoms with Crippen molar-refractivity contribution in [2.24, 2.45) is 11.7 Å². The van der Waals surface area contributed by atoms with E-state index in [4.69, 9.17) is 10.2 Å². The minimum atomic E-state index is -1.42. The highest BCUT2D eigenvalue weighted by Crippen LogP contribution is 2.43. The summed E-state index contributed by atoms with van der Waals surface area (Å²) in [6, 6.07) is 0.0536. The van der Waals surface area contributed by atoms with E-state index in [0.717, 1.165) is 11.8 Å². The molecular formula is C24H26F2N4O4. The summed E-state index contributed by atoms with van der Waals surface area (Å²) in [6.07, 6.45) is 0.959. The number of carboxylic acid groups (broad SMARTS) is 1. The van der Waals surface area contributed by atoms with Crippen molar-refractivity contribution in [1.82, 2.24) is 9.55 Å². The van der Waals surface area contributed by atoms with Crippen LogP contribution in [0.25, 0.3) is 10.9 Å². The van der Waals surface area contributed by atoms with Crippen molar-refractivity contribution in [3.8, 4) is 0 Å². The quantitative estimate of drug-likeness (QED) is 0.584. The lowest BCUT2D eigenvalue weighted by Gasteiger charge is -2.25. The fraction of sp³-hybridized carbons (Fsp3) is 0.458. The number of benzene rings is 1. The number of pyridine rings is 1. The molecule has 0 spiro atoms. The van der Waals surface area contributed by atoms with Crippen LogP contribution in [0.4, 0.5) is 14.5 Å². The number of rotatable bonds is 5. The van der Waals surface area contributed by atoms with Crippen molar-refractivity contribution < 1.29 is 23.1 Å². The second-order valence-corrected chi connectivity index (χ2v) is 9.35. The number of carboxylic acids is 1. The van der Waals surface area contributed by atoms with Crippen LogP contribution < -0.4 is 16.1 Å². The van der Waals surface area contributed by atoms with Gasteiger partial charge in [-0.2, -0.15) is 0 Å². The second-order valence-electron chi connectivity index (χ2n) is 9.35. The normalized spacial score (nSPS) is 23.0. The third-order valence-electron chi connectivity index (χ3n) is 7.13. The molecule has 3 aromatic rings. The summed E-state index contributed by atoms with van der Waals surface area (Å²) in [7, 11) is 0. The summed E-state index contributed by atoms with van der Waals surface area (Å²) in [5, 5.41) is 9.38. The summed E-state index contributed by atoms with van der Waals surface area (Å²) in [5.74, 6) is -0.910. The molecule has 4 atom stereocenters. The van der Waals surface area contributed by atoms with Gasteiger partial charge in [0.25, 0.3) is 0 Å². The van der Waals surface area contributed by atoms with Crippen LogP contribution in [0, 0.1) is 32.5 Å². The first kappa shape index (κ1) is 22.5. The number of fused-ring (bicyclic) bond motifs is 1. The second kappa shape index (κ2) is 7.90. The standard InChI is InChI=1S/C24H26F2N4O4/c1-10-20-14(22(31)15(24(32)33)9-30(20)18-7-16(18)25)6-17(26)21(10)29-5-4-13(8-29)19(27)23-28-11(2)12(3)34-23/h6,9,13,16,18-19H,4-5,7-8,27H2,1-3H3,(H,32,33). The first-order valence-corrected chi connectivity index (χ1v) is 11.3. The number of halogens is 2. The van der Waals surface area contributed by atoms with Crippen molar-refractivity contribution in [1.29, 1.82) is 0 Å². The number of carbonyl (C=O) groups is 1. The Hall–Kier alpha value is -3.27. The van der Waals surface area contributed by atoms with Crippen LogP contribution in [-0.2, 0) is 0 Å². The average molecular weight is 472 g/mol. The number of hydrogen-bond acceptors (Lipinski definition) is 6. The molecular weight excluding hydrogens is 446 g/mol. The molecule has 3 heterocycles. The largest absolute Gasteiger partial charge is 0.477 e. The van der Waals surface area contributed by atoms with E-state index in [2.05, 4.69) is 4.98 Å². The van der Waals surface area contributed by atoms with E-state index in [9.17, 15) is 19.1 Å². The maximum Gasteiger partial charge on any atom is 0.341 e. The van der Waals surface area contributed by atoms with Gasteiger partial charge < -0.3 is 24.7 Å². The van der Waals surface area contributed by atoms with E-state index < -0.39 is 41.0 Å². The van der Waals surface area contributed by atoms with Gasteiger partial charge in [-0.3, -0.25) is 4.79 Å². The van der Waals surface area contributed by atoms with E-state index in [1.54, 1.807) is 6.92 Å². The number of oxazole rings is 1. The van der Waals surface area contributed by atoms with Gasteiger partial charge in [0.05, 0.1) is 29.0 Å². The molecule has 1 aliphatic carbocycles. The minimum Gasteiger partial charge on any atom is -0.477 e. The van der Waals surface area contributed by atoms with Crippen molar-refractivity contribution in [2.45, 2.75) is 51.9 Å². The number of nitrogens with zero attached hydrogens (tertiary/aromatic N) is 3. The van der Waals surface area contributed by atoms with Gasteiger partial charge in [-0.1, -0.05) is 0 Å². The summed E-state index contributed by atoms with van der Waals surface area (Å²) >= 11 is 0. The highest BCUT2D eigenvalue weighted by atomic mass is 19.1. The number of anilines is 1. The van der Waals surface area contributed by atoms with Gasteiger partial charge in [0.1, 0.15) is 23.3 Å². The van der Waals surface area contributed by atoms with Crippen LogP contribution in [0.3, 0.4) is 0 Å². The highest BCUT2D eigenvalue weighted by Gasteiger charge is 2.41. The van der Waals surface area contributed by atoms with Crippen LogP contribution in [0.5, 0.6) is 0 Å². The van der Waals surface area contributed by atoms with Gasteiger partial charge in [-0.15, -0.1) is 0 Å². The van der Waals surface area contributed by atoms with Crippen LogP contribution in [-0.4, -0.2) is 39.9 Å². The molecule has 0 bridgehead atoms. The van der Waals surface area contributed by atoms with Gasteiger partial charge in [-0.25, -0.2) is 18.6 Å². The number of nitrogens with two attached hydrogens (primary N) is 1. The lowest BCUT2D eigenvalue weighted by molar-refractivity contribution is 0.0694. The summed E-state index contributed by atoms with van der Waals surface area (Å²) in [6.45, 7) is 6.34. The smallest absolute Gasteiger partial charge is 0.341 e. The molecule has 34 heavy (non-hydrogen) atoms. The number of hydrogen-bond donors (Lipinski definition) is 2. The molecule has 180 valence electrons. The molecule has 1 aromatic carbocycles. The number of aromatic nitrogens is 2. The SMILES string of the molecule is Cc1nc(C(N)C2CCN(c3c(F)cc4c(=O)c(C(=O)O)cn(C5CC5F)c4c3C)C2)oc1C. The van der Waals surface area contributed by atoms with Gasteiger partial charge in [-0.05, 0) is 38.8 Å². The molecule has 2 aliphatic rings. The van der Waals surface area contributed by atoms with E-state index in [-0.39, 0.29) is 17.7 Å². The predicted molar refractivity (Wildman–Crippen MR) is 122 cm³/mol. The Morgan fingerprint density at radius 2 is 2.06 bits per heavy atom. The molecule has 0 radical (unpaired) electrons. The van der Waals surface area contributed by atoms with Gasteiger partial charge >= 0.3 is 5.97 Å². The average Bonchev–Trinajstić information content (AvgIpc) is 3.15. The lowest BCUT2D eigenvalue weighted by Crippen LogP contribution is -2.28. The van der Waals surface area contributed by atoms with Crippen molar-refractivity contribution in [3.63, 3.8) is 0 Å². The molecule has 3 N–H and O–H groups in total. The monoisotopic (exact) mass is 472 g/mol. The molecule has 1 saturated heterocycles. The van der Waals surface area contributed by atoms with Crippen LogP contribution >= 0.6 is 0 Å². The maximum absolute atomic E-state index is 15.4. The Kier molecular flexibility index (Phi) is 5.23. The fourth-order valence-electron chi connectivity index (χ4n) is 5.04. The first-order valence-electron chi connectivity index (χ1n) is 11.3. The summed E-state index contributed by atoms with van der Waals surface area (Å²) in [5.41, 5.74) is 7.08. The molecule has 5 rings (SSSR count). The Labute approximate surface area is 194 Å². The van der Waals surface area contributed by atoms with E-state index in [1.165, 1.54) is 10.8 Å². The maximum atomic E-state index is 15.4. The Morgan fingerprint density at radius 1 is 1.35 bits per heavy atom. The van der Waals surface area contributed by atoms with E-state index in [1.807, 2.05) is 18.7 Å². The Balaban J connectivity index is 1.56. The molecule has 2 aromatic heterocycles. The van der Waals surface area contributed by atoms with Gasteiger partial charge in [0.15, 0.2) is 0 Å². The number of aryl methyl sites for hydroxylation is 3. The number of aromatic carboxylic acids is 1. The van der Waals surface area contributed by atoms with E-state index >= 15 is 4.39 Å². The molecule has 4 unspecified atom stereocenters. The number of alkyl halides is 1. The molecule has 8 nitrogen and oxygen atoms in total. The zero-order valence-electron chi connectivity index (χ0n) is 19.1. The zero-order chi connectivity index (χ0) is 24.5. The Morgan fingerprint density at radius 3 is 2.65 bits per heavy atom. The zero-order valence-corrected chi connectivity index (χ0v) is 19.1. The minimum absolute atomic E-state index is 0.0258. The third-order valence-corrected chi connectivity index (χ3v) is 7.13. The lowest BCUT2D eigenvalue weighted by atomic mass is 9.99. The molecule has 1 aliphatic heterocycles.